The summed E-state index contributed by atoms with van der Waals surface area (Å²) in [6.45, 7) is 7.58. The number of carbonyl (C=O) groups excluding carboxylic acids is 1. The number of amides is 1. The summed E-state index contributed by atoms with van der Waals surface area (Å²) in [5.41, 5.74) is 7.42. The summed E-state index contributed by atoms with van der Waals surface area (Å²) in [5, 5.41) is 2.86. The van der Waals surface area contributed by atoms with E-state index in [1.165, 1.54) is 0 Å². The van der Waals surface area contributed by atoms with Crippen LogP contribution in [0, 0.1) is 0 Å². The van der Waals surface area contributed by atoms with Crippen molar-refractivity contribution in [2.24, 2.45) is 0 Å². The van der Waals surface area contributed by atoms with Gasteiger partial charge in [-0.25, -0.2) is 0 Å². The van der Waals surface area contributed by atoms with Crippen molar-refractivity contribution < 1.29 is 14.3 Å². The van der Waals surface area contributed by atoms with Gasteiger partial charge in [-0.05, 0) is 43.4 Å². The van der Waals surface area contributed by atoms with Crippen molar-refractivity contribution in [1.29, 1.82) is 0 Å². The molecule has 0 spiro atoms. The molecular weight excluding hydrogens is 330 g/mol. The van der Waals surface area contributed by atoms with Crippen LogP contribution in [-0.4, -0.2) is 44.2 Å². The number of nitrogen functional groups attached to an aromatic ring is 1. The fourth-order valence-electron chi connectivity index (χ4n) is 2.57. The Morgan fingerprint density at radius 1 is 1.12 bits per heavy atom. The Morgan fingerprint density at radius 3 is 2.54 bits per heavy atom. The normalized spacial score (nSPS) is 10.6. The summed E-state index contributed by atoms with van der Waals surface area (Å²) >= 11 is 0. The van der Waals surface area contributed by atoms with Gasteiger partial charge in [-0.1, -0.05) is 19.9 Å². The second-order valence-corrected chi connectivity index (χ2v) is 5.82. The van der Waals surface area contributed by atoms with E-state index < -0.39 is 0 Å². The number of benzene rings is 2. The molecule has 0 saturated heterocycles. The first-order valence-corrected chi connectivity index (χ1v) is 8.77. The van der Waals surface area contributed by atoms with Crippen molar-refractivity contribution in [3.63, 3.8) is 0 Å². The minimum absolute atomic E-state index is 0.225. The number of anilines is 2. The third kappa shape index (κ3) is 5.39. The highest BCUT2D eigenvalue weighted by Crippen LogP contribution is 2.30. The largest absolute Gasteiger partial charge is 0.493 e. The SMILES string of the molecule is CCN(CC)CCOc1cc(NC(=O)c2cccc(N)c2)ccc1OC. The topological polar surface area (TPSA) is 76.8 Å². The quantitative estimate of drug-likeness (QED) is 0.674. The predicted octanol–water partition coefficient (Wildman–Crippen LogP) is 3.25. The number of likely N-dealkylation sites (N-methyl/N-ethyl adjacent to an activating group) is 1. The first kappa shape index (κ1) is 19.6. The first-order chi connectivity index (χ1) is 12.6. The molecule has 3 N–H and O–H groups in total. The van der Waals surface area contributed by atoms with E-state index in [-0.39, 0.29) is 5.91 Å². The molecule has 0 atom stereocenters. The molecule has 0 heterocycles. The summed E-state index contributed by atoms with van der Waals surface area (Å²) in [6.07, 6.45) is 0. The molecule has 0 saturated carbocycles. The highest BCUT2D eigenvalue weighted by atomic mass is 16.5. The highest BCUT2D eigenvalue weighted by Gasteiger charge is 2.10. The molecule has 2 aromatic carbocycles. The summed E-state index contributed by atoms with van der Waals surface area (Å²) < 4.78 is 11.2. The number of nitrogens with zero attached hydrogens (tertiary/aromatic N) is 1. The average molecular weight is 357 g/mol. The zero-order chi connectivity index (χ0) is 18.9. The number of ether oxygens (including phenoxy) is 2. The number of hydrogen-bond donors (Lipinski definition) is 2. The minimum atomic E-state index is -0.225. The molecule has 0 unspecified atom stereocenters. The van der Waals surface area contributed by atoms with Crippen LogP contribution in [0.25, 0.3) is 0 Å². The first-order valence-electron chi connectivity index (χ1n) is 8.77. The van der Waals surface area contributed by atoms with Gasteiger partial charge >= 0.3 is 0 Å². The lowest BCUT2D eigenvalue weighted by atomic mass is 10.2. The van der Waals surface area contributed by atoms with E-state index in [2.05, 4.69) is 24.1 Å². The molecule has 0 fully saturated rings. The van der Waals surface area contributed by atoms with Crippen LogP contribution < -0.4 is 20.5 Å². The summed E-state index contributed by atoms with van der Waals surface area (Å²) in [4.78, 5) is 14.6. The van der Waals surface area contributed by atoms with Crippen LogP contribution in [0.4, 0.5) is 11.4 Å². The lowest BCUT2D eigenvalue weighted by Gasteiger charge is -2.19. The Bertz CT molecular complexity index is 730. The fourth-order valence-corrected chi connectivity index (χ4v) is 2.57. The maximum Gasteiger partial charge on any atom is 0.255 e. The van der Waals surface area contributed by atoms with E-state index in [0.717, 1.165) is 19.6 Å². The predicted molar refractivity (Wildman–Crippen MR) is 105 cm³/mol. The van der Waals surface area contributed by atoms with Crippen LogP contribution in [0.2, 0.25) is 0 Å². The number of nitrogens with one attached hydrogen (secondary N) is 1. The molecule has 0 aliphatic rings. The van der Waals surface area contributed by atoms with E-state index in [9.17, 15) is 4.79 Å². The van der Waals surface area contributed by atoms with Crippen molar-refractivity contribution >= 4 is 17.3 Å². The lowest BCUT2D eigenvalue weighted by Crippen LogP contribution is -2.28. The molecule has 0 aliphatic carbocycles. The zero-order valence-corrected chi connectivity index (χ0v) is 15.6. The number of methoxy groups -OCH3 is 1. The minimum Gasteiger partial charge on any atom is -0.493 e. The summed E-state index contributed by atoms with van der Waals surface area (Å²) in [7, 11) is 1.59. The van der Waals surface area contributed by atoms with Crippen LogP contribution in [0.5, 0.6) is 11.5 Å². The molecule has 0 radical (unpaired) electrons. The zero-order valence-electron chi connectivity index (χ0n) is 15.6. The Hall–Kier alpha value is -2.73. The Balaban J connectivity index is 2.06. The van der Waals surface area contributed by atoms with Gasteiger partial charge in [0.1, 0.15) is 6.61 Å². The van der Waals surface area contributed by atoms with Crippen molar-refractivity contribution in [3.8, 4) is 11.5 Å². The van der Waals surface area contributed by atoms with E-state index >= 15 is 0 Å². The van der Waals surface area contributed by atoms with Gasteiger partial charge in [-0.2, -0.15) is 0 Å². The summed E-state index contributed by atoms with van der Waals surface area (Å²) in [5.74, 6) is 1.01. The Labute approximate surface area is 154 Å². The van der Waals surface area contributed by atoms with Crippen LogP contribution in [0.15, 0.2) is 42.5 Å². The number of rotatable bonds is 9. The second kappa shape index (κ2) is 9.68. The third-order valence-electron chi connectivity index (χ3n) is 4.13. The smallest absolute Gasteiger partial charge is 0.255 e. The molecule has 0 bridgehead atoms. The maximum atomic E-state index is 12.4. The van der Waals surface area contributed by atoms with Crippen molar-refractivity contribution in [2.75, 3.05) is 44.4 Å². The second-order valence-electron chi connectivity index (χ2n) is 5.82. The van der Waals surface area contributed by atoms with Crippen molar-refractivity contribution in [1.82, 2.24) is 4.90 Å². The standard InChI is InChI=1S/C20H27N3O3/c1-4-23(5-2)11-12-26-19-14-17(9-10-18(19)25-3)22-20(24)15-7-6-8-16(21)13-15/h6-10,13-14H,4-5,11-12,21H2,1-3H3,(H,22,24). The number of carbonyl (C=O) groups is 1. The van der Waals surface area contributed by atoms with Crippen molar-refractivity contribution in [2.45, 2.75) is 13.8 Å². The fraction of sp³-hybridized carbons (Fsp3) is 0.350. The molecular formula is C20H27N3O3. The lowest BCUT2D eigenvalue weighted by molar-refractivity contribution is 0.102. The number of nitrogens with two attached hydrogens (primary N) is 1. The maximum absolute atomic E-state index is 12.4. The molecule has 6 heteroatoms. The molecule has 0 aliphatic heterocycles. The highest BCUT2D eigenvalue weighted by molar-refractivity contribution is 6.04. The van der Waals surface area contributed by atoms with Crippen LogP contribution in [0.1, 0.15) is 24.2 Å². The van der Waals surface area contributed by atoms with Crippen LogP contribution in [-0.2, 0) is 0 Å². The monoisotopic (exact) mass is 357 g/mol. The molecule has 2 rings (SSSR count). The molecule has 140 valence electrons. The Morgan fingerprint density at radius 2 is 1.88 bits per heavy atom. The van der Waals surface area contributed by atoms with Gasteiger partial charge in [-0.3, -0.25) is 4.79 Å². The van der Waals surface area contributed by atoms with Crippen molar-refractivity contribution in [3.05, 3.63) is 48.0 Å². The molecule has 26 heavy (non-hydrogen) atoms. The number of hydrogen-bond acceptors (Lipinski definition) is 5. The summed E-state index contributed by atoms with van der Waals surface area (Å²) in [6, 6.07) is 12.2. The van der Waals surface area contributed by atoms with E-state index in [1.807, 2.05) is 0 Å². The van der Waals surface area contributed by atoms with Gasteiger partial charge in [0.05, 0.1) is 7.11 Å². The Kier molecular flexibility index (Phi) is 7.29. The molecule has 2 aromatic rings. The average Bonchev–Trinajstić information content (AvgIpc) is 2.65. The van der Waals surface area contributed by atoms with Gasteiger partial charge in [0.15, 0.2) is 11.5 Å². The van der Waals surface area contributed by atoms with E-state index in [0.29, 0.717) is 35.0 Å². The van der Waals surface area contributed by atoms with Crippen LogP contribution >= 0.6 is 0 Å². The third-order valence-corrected chi connectivity index (χ3v) is 4.13. The molecule has 0 aromatic heterocycles. The van der Waals surface area contributed by atoms with E-state index in [1.54, 1.807) is 49.6 Å². The van der Waals surface area contributed by atoms with Gasteiger partial charge < -0.3 is 25.4 Å². The van der Waals surface area contributed by atoms with Gasteiger partial charge in [0, 0.05) is 29.5 Å². The molecule has 6 nitrogen and oxygen atoms in total. The molecule has 1 amide bonds. The van der Waals surface area contributed by atoms with Gasteiger partial charge in [0.25, 0.3) is 5.91 Å². The van der Waals surface area contributed by atoms with Gasteiger partial charge in [-0.15, -0.1) is 0 Å². The van der Waals surface area contributed by atoms with Gasteiger partial charge in [0.2, 0.25) is 0 Å². The van der Waals surface area contributed by atoms with E-state index in [4.69, 9.17) is 15.2 Å². The van der Waals surface area contributed by atoms with Crippen LogP contribution in [0.3, 0.4) is 0 Å².